The Morgan fingerprint density at radius 3 is 2.37 bits per heavy atom. The number of benzene rings is 1. The van der Waals surface area contributed by atoms with Gasteiger partial charge >= 0.3 is 0 Å². The number of aliphatic hydroxyl groups excluding tert-OH is 1. The van der Waals surface area contributed by atoms with Crippen molar-refractivity contribution in [2.24, 2.45) is 7.05 Å². The summed E-state index contributed by atoms with van der Waals surface area (Å²) in [6, 6.07) is 7.52. The molecule has 102 valence electrons. The van der Waals surface area contributed by atoms with E-state index in [2.05, 4.69) is 5.10 Å². The van der Waals surface area contributed by atoms with Gasteiger partial charge in [0, 0.05) is 18.0 Å². The molecule has 0 aliphatic rings. The summed E-state index contributed by atoms with van der Waals surface area (Å²) in [5.74, 6) is -0.00966. The van der Waals surface area contributed by atoms with Crippen LogP contribution in [0.3, 0.4) is 0 Å². The molecule has 0 aliphatic heterocycles. The molecule has 1 heterocycles. The summed E-state index contributed by atoms with van der Waals surface area (Å²) in [4.78, 5) is 0. The maximum Gasteiger partial charge on any atom is 0.0847 e. The third-order valence-corrected chi connectivity index (χ3v) is 4.01. The number of rotatable bonds is 4. The Labute approximate surface area is 122 Å². The zero-order chi connectivity index (χ0) is 14.0. The summed E-state index contributed by atoms with van der Waals surface area (Å²) < 4.78 is 1.77. The van der Waals surface area contributed by atoms with Gasteiger partial charge in [0.2, 0.25) is 0 Å². The summed E-state index contributed by atoms with van der Waals surface area (Å²) >= 11 is 12.1. The van der Waals surface area contributed by atoms with E-state index in [1.807, 2.05) is 38.2 Å². The minimum atomic E-state index is -0.00966. The van der Waals surface area contributed by atoms with Gasteiger partial charge in [0.1, 0.15) is 0 Å². The molecule has 0 amide bonds. The lowest BCUT2D eigenvalue weighted by atomic mass is 9.95. The number of aryl methyl sites for hydroxylation is 2. The smallest absolute Gasteiger partial charge is 0.0847 e. The van der Waals surface area contributed by atoms with Crippen molar-refractivity contribution in [1.29, 1.82) is 0 Å². The van der Waals surface area contributed by atoms with Crippen LogP contribution < -0.4 is 0 Å². The lowest BCUT2D eigenvalue weighted by Gasteiger charge is -2.15. The largest absolute Gasteiger partial charge is 0.396 e. The van der Waals surface area contributed by atoms with Crippen LogP contribution in [0.2, 0.25) is 10.0 Å². The van der Waals surface area contributed by atoms with Gasteiger partial charge in [-0.1, -0.05) is 35.3 Å². The van der Waals surface area contributed by atoms with Gasteiger partial charge in [-0.2, -0.15) is 5.10 Å². The second kappa shape index (κ2) is 5.95. The number of hydrogen-bond donors (Lipinski definition) is 1. The summed E-state index contributed by atoms with van der Waals surface area (Å²) in [5.41, 5.74) is 2.79. The van der Waals surface area contributed by atoms with E-state index in [0.717, 1.165) is 17.0 Å². The van der Waals surface area contributed by atoms with Crippen molar-refractivity contribution < 1.29 is 5.11 Å². The molecule has 1 aromatic heterocycles. The highest BCUT2D eigenvalue weighted by atomic mass is 35.5. The van der Waals surface area contributed by atoms with E-state index >= 15 is 0 Å². The lowest BCUT2D eigenvalue weighted by molar-refractivity contribution is 0.263. The lowest BCUT2D eigenvalue weighted by Crippen LogP contribution is -2.11. The van der Waals surface area contributed by atoms with Crippen molar-refractivity contribution in [1.82, 2.24) is 9.78 Å². The van der Waals surface area contributed by atoms with Crippen molar-refractivity contribution in [3.05, 3.63) is 51.3 Å². The van der Waals surface area contributed by atoms with Crippen LogP contribution in [0.4, 0.5) is 0 Å². The van der Waals surface area contributed by atoms with E-state index in [4.69, 9.17) is 23.2 Å². The van der Waals surface area contributed by atoms with Crippen LogP contribution in [0.25, 0.3) is 0 Å². The SMILES string of the molecule is Cc1nn(C)c(CC(CO)c2ccc(Cl)cc2)c1Cl. The van der Waals surface area contributed by atoms with Crippen LogP contribution in [-0.4, -0.2) is 21.5 Å². The molecule has 0 saturated carbocycles. The quantitative estimate of drug-likeness (QED) is 0.940. The Hall–Kier alpha value is -1.03. The van der Waals surface area contributed by atoms with Crippen LogP contribution in [-0.2, 0) is 13.5 Å². The number of nitrogens with zero attached hydrogens (tertiary/aromatic N) is 2. The van der Waals surface area contributed by atoms with Gasteiger partial charge in [-0.05, 0) is 31.0 Å². The van der Waals surface area contributed by atoms with Crippen LogP contribution >= 0.6 is 23.2 Å². The predicted octanol–water partition coefficient (Wildman–Crippen LogP) is 3.35. The molecule has 0 radical (unpaired) electrons. The van der Waals surface area contributed by atoms with Crippen molar-refractivity contribution >= 4 is 23.2 Å². The first-order valence-electron chi connectivity index (χ1n) is 6.07. The third-order valence-electron chi connectivity index (χ3n) is 3.26. The number of aliphatic hydroxyl groups is 1. The Morgan fingerprint density at radius 1 is 1.26 bits per heavy atom. The molecule has 0 saturated heterocycles. The summed E-state index contributed by atoms with van der Waals surface area (Å²) in [5, 5.41) is 15.2. The van der Waals surface area contributed by atoms with E-state index < -0.39 is 0 Å². The van der Waals surface area contributed by atoms with Crippen molar-refractivity contribution in [2.75, 3.05) is 6.61 Å². The standard InChI is InChI=1S/C14H16Cl2N2O/c1-9-14(16)13(18(2)17-9)7-11(8-19)10-3-5-12(15)6-4-10/h3-6,11,19H,7-8H2,1-2H3. The monoisotopic (exact) mass is 298 g/mol. The first-order chi connectivity index (χ1) is 9.02. The minimum absolute atomic E-state index is 0.00966. The van der Waals surface area contributed by atoms with Gasteiger partial charge in [-0.15, -0.1) is 0 Å². The normalized spacial score (nSPS) is 12.7. The Kier molecular flexibility index (Phi) is 4.50. The van der Waals surface area contributed by atoms with Crippen LogP contribution in [0.1, 0.15) is 22.9 Å². The molecular formula is C14H16Cl2N2O. The van der Waals surface area contributed by atoms with Gasteiger partial charge in [-0.25, -0.2) is 0 Å². The molecule has 0 spiro atoms. The predicted molar refractivity (Wildman–Crippen MR) is 77.9 cm³/mol. The molecule has 1 aromatic carbocycles. The minimum Gasteiger partial charge on any atom is -0.396 e. The molecule has 19 heavy (non-hydrogen) atoms. The fraction of sp³-hybridized carbons (Fsp3) is 0.357. The highest BCUT2D eigenvalue weighted by Crippen LogP contribution is 2.27. The molecular weight excluding hydrogens is 283 g/mol. The van der Waals surface area contributed by atoms with E-state index in [0.29, 0.717) is 16.5 Å². The molecule has 2 aromatic rings. The third kappa shape index (κ3) is 3.11. The summed E-state index contributed by atoms with van der Waals surface area (Å²) in [7, 11) is 1.87. The molecule has 1 atom stereocenters. The zero-order valence-electron chi connectivity index (χ0n) is 10.9. The first-order valence-corrected chi connectivity index (χ1v) is 6.82. The summed E-state index contributed by atoms with van der Waals surface area (Å²) in [6.45, 7) is 1.93. The zero-order valence-corrected chi connectivity index (χ0v) is 12.4. The van der Waals surface area contributed by atoms with Crippen LogP contribution in [0, 0.1) is 6.92 Å². The van der Waals surface area contributed by atoms with Crippen molar-refractivity contribution in [3.63, 3.8) is 0 Å². The number of halogens is 2. The molecule has 0 fully saturated rings. The van der Waals surface area contributed by atoms with Crippen molar-refractivity contribution in [3.8, 4) is 0 Å². The van der Waals surface area contributed by atoms with E-state index in [9.17, 15) is 5.11 Å². The second-order valence-electron chi connectivity index (χ2n) is 4.60. The van der Waals surface area contributed by atoms with E-state index in [1.165, 1.54) is 0 Å². The Bertz CT molecular complexity index is 564. The van der Waals surface area contributed by atoms with Gasteiger partial charge in [-0.3, -0.25) is 4.68 Å². The first kappa shape index (κ1) is 14.4. The fourth-order valence-electron chi connectivity index (χ4n) is 2.16. The average molecular weight is 299 g/mol. The fourth-order valence-corrected chi connectivity index (χ4v) is 2.52. The molecule has 0 bridgehead atoms. The second-order valence-corrected chi connectivity index (χ2v) is 5.42. The van der Waals surface area contributed by atoms with Crippen LogP contribution in [0.15, 0.2) is 24.3 Å². The van der Waals surface area contributed by atoms with Crippen molar-refractivity contribution in [2.45, 2.75) is 19.3 Å². The molecule has 5 heteroatoms. The van der Waals surface area contributed by atoms with Gasteiger partial charge in [0.25, 0.3) is 0 Å². The van der Waals surface area contributed by atoms with Gasteiger partial charge < -0.3 is 5.11 Å². The van der Waals surface area contributed by atoms with Gasteiger partial charge in [0.15, 0.2) is 0 Å². The Morgan fingerprint density at radius 2 is 1.89 bits per heavy atom. The van der Waals surface area contributed by atoms with Crippen LogP contribution in [0.5, 0.6) is 0 Å². The van der Waals surface area contributed by atoms with E-state index in [-0.39, 0.29) is 12.5 Å². The maximum absolute atomic E-state index is 9.59. The topological polar surface area (TPSA) is 38.0 Å². The molecule has 0 aliphatic carbocycles. The number of aromatic nitrogens is 2. The molecule has 1 N–H and O–H groups in total. The Balaban J connectivity index is 2.26. The van der Waals surface area contributed by atoms with Gasteiger partial charge in [0.05, 0.1) is 23.0 Å². The molecule has 3 nitrogen and oxygen atoms in total. The maximum atomic E-state index is 9.59. The summed E-state index contributed by atoms with van der Waals surface area (Å²) in [6.07, 6.45) is 0.647. The molecule has 1 unspecified atom stereocenters. The average Bonchev–Trinajstić information content (AvgIpc) is 2.63. The molecule has 2 rings (SSSR count). The highest BCUT2D eigenvalue weighted by Gasteiger charge is 2.18. The highest BCUT2D eigenvalue weighted by molar-refractivity contribution is 6.31. The van der Waals surface area contributed by atoms with E-state index in [1.54, 1.807) is 4.68 Å². The number of hydrogen-bond acceptors (Lipinski definition) is 2.